The van der Waals surface area contributed by atoms with Crippen LogP contribution in [0.4, 0.5) is 0 Å². The molecule has 1 aliphatic heterocycles. The zero-order chi connectivity index (χ0) is 16.0. The lowest BCUT2D eigenvalue weighted by Gasteiger charge is -2.39. The maximum atomic E-state index is 12.0. The third-order valence-electron chi connectivity index (χ3n) is 3.99. The predicted molar refractivity (Wildman–Crippen MR) is 77.4 cm³/mol. The summed E-state index contributed by atoms with van der Waals surface area (Å²) in [5.74, 6) is 0.381. The second-order valence-corrected chi connectivity index (χ2v) is 5.12. The number of hydrogen-bond acceptors (Lipinski definition) is 6. The van der Waals surface area contributed by atoms with Crippen molar-refractivity contribution >= 4 is 5.91 Å². The molecule has 2 heterocycles. The first kappa shape index (κ1) is 16.5. The van der Waals surface area contributed by atoms with Crippen LogP contribution in [0.15, 0.2) is 22.8 Å². The van der Waals surface area contributed by atoms with Gasteiger partial charge in [-0.05, 0) is 18.6 Å². The Labute approximate surface area is 129 Å². The largest absolute Gasteiger partial charge is 0.466 e. The van der Waals surface area contributed by atoms with E-state index in [2.05, 4.69) is 6.07 Å². The van der Waals surface area contributed by atoms with Gasteiger partial charge in [0.25, 0.3) is 0 Å². The van der Waals surface area contributed by atoms with Gasteiger partial charge in [0.2, 0.25) is 5.91 Å². The molecule has 0 radical (unpaired) electrons. The van der Waals surface area contributed by atoms with E-state index in [1.54, 1.807) is 25.4 Å². The van der Waals surface area contributed by atoms with Crippen molar-refractivity contribution in [2.45, 2.75) is 18.4 Å². The number of carbonyl (C=O) groups is 1. The van der Waals surface area contributed by atoms with Gasteiger partial charge in [0.1, 0.15) is 5.76 Å². The third-order valence-corrected chi connectivity index (χ3v) is 3.99. The van der Waals surface area contributed by atoms with Gasteiger partial charge in [-0.25, -0.2) is 5.06 Å². The fourth-order valence-corrected chi connectivity index (χ4v) is 2.62. The molecule has 1 unspecified atom stereocenters. The number of ether oxygens (including phenoxy) is 1. The van der Waals surface area contributed by atoms with Crippen LogP contribution in [0.5, 0.6) is 0 Å². The zero-order valence-corrected chi connectivity index (χ0v) is 12.9. The molecule has 0 N–H and O–H groups in total. The van der Waals surface area contributed by atoms with E-state index in [1.807, 2.05) is 4.90 Å². The minimum absolute atomic E-state index is 0.179. The molecule has 1 aromatic rings. The summed E-state index contributed by atoms with van der Waals surface area (Å²) >= 11 is 0. The molecule has 7 nitrogen and oxygen atoms in total. The van der Waals surface area contributed by atoms with Crippen LogP contribution >= 0.6 is 0 Å². The van der Waals surface area contributed by atoms with E-state index < -0.39 is 5.54 Å². The molecule has 2 rings (SSSR count). The Balaban J connectivity index is 2.21. The fourth-order valence-electron chi connectivity index (χ4n) is 2.62. The number of hydrogen-bond donors (Lipinski definition) is 0. The Morgan fingerprint density at radius 1 is 1.55 bits per heavy atom. The average molecular weight is 307 g/mol. The van der Waals surface area contributed by atoms with E-state index in [-0.39, 0.29) is 12.3 Å². The molecule has 0 aromatic carbocycles. The molecule has 1 atom stereocenters. The average Bonchev–Trinajstić information content (AvgIpc) is 3.11. The summed E-state index contributed by atoms with van der Waals surface area (Å²) in [6.45, 7) is 2.39. The van der Waals surface area contributed by atoms with Gasteiger partial charge < -0.3 is 9.15 Å². The van der Waals surface area contributed by atoms with Crippen molar-refractivity contribution in [3.63, 3.8) is 0 Å². The summed E-state index contributed by atoms with van der Waals surface area (Å²) in [5, 5.41) is 11.0. The Morgan fingerprint density at radius 3 is 2.82 bits per heavy atom. The van der Waals surface area contributed by atoms with Crippen molar-refractivity contribution in [1.29, 1.82) is 5.26 Å². The van der Waals surface area contributed by atoms with Gasteiger partial charge in [-0.2, -0.15) is 5.26 Å². The zero-order valence-electron chi connectivity index (χ0n) is 12.9. The van der Waals surface area contributed by atoms with Crippen LogP contribution in [0.1, 0.15) is 18.6 Å². The number of nitriles is 1. The smallest absolute Gasteiger partial charge is 0.245 e. The molecule has 0 bridgehead atoms. The van der Waals surface area contributed by atoms with E-state index in [0.29, 0.717) is 38.5 Å². The van der Waals surface area contributed by atoms with Gasteiger partial charge in [-0.1, -0.05) is 0 Å². The van der Waals surface area contributed by atoms with E-state index in [4.69, 9.17) is 14.0 Å². The molecule has 1 saturated heterocycles. The molecule has 1 fully saturated rings. The molecular weight excluding hydrogens is 286 g/mol. The number of carbonyl (C=O) groups excluding carboxylic acids is 1. The van der Waals surface area contributed by atoms with Crippen molar-refractivity contribution < 1.29 is 18.8 Å². The second-order valence-electron chi connectivity index (χ2n) is 5.12. The lowest BCUT2D eigenvalue weighted by atomic mass is 9.89. The van der Waals surface area contributed by atoms with Crippen molar-refractivity contribution in [2.24, 2.45) is 0 Å². The number of hydroxylamine groups is 2. The molecule has 22 heavy (non-hydrogen) atoms. The van der Waals surface area contributed by atoms with Crippen LogP contribution in [-0.2, 0) is 19.9 Å². The lowest BCUT2D eigenvalue weighted by molar-refractivity contribution is -0.169. The minimum Gasteiger partial charge on any atom is -0.466 e. The highest BCUT2D eigenvalue weighted by Gasteiger charge is 2.42. The summed E-state index contributed by atoms with van der Waals surface area (Å²) in [7, 11) is 2.99. The number of amides is 1. The molecule has 0 saturated carbocycles. The highest BCUT2D eigenvalue weighted by molar-refractivity contribution is 5.74. The fraction of sp³-hybridized carbons (Fsp3) is 0.600. The maximum Gasteiger partial charge on any atom is 0.245 e. The first-order valence-corrected chi connectivity index (χ1v) is 7.23. The summed E-state index contributed by atoms with van der Waals surface area (Å²) in [4.78, 5) is 18.9. The molecule has 0 spiro atoms. The quantitative estimate of drug-likeness (QED) is 0.733. The summed E-state index contributed by atoms with van der Waals surface area (Å²) in [6, 6.07) is 5.90. The molecule has 0 aliphatic carbocycles. The van der Waals surface area contributed by atoms with Gasteiger partial charge in [0.05, 0.1) is 32.7 Å². The number of rotatable bonds is 6. The van der Waals surface area contributed by atoms with Crippen molar-refractivity contribution in [2.75, 3.05) is 40.5 Å². The van der Waals surface area contributed by atoms with E-state index in [9.17, 15) is 10.1 Å². The van der Waals surface area contributed by atoms with Crippen LogP contribution in [0.25, 0.3) is 0 Å². The summed E-state index contributed by atoms with van der Waals surface area (Å²) in [6.07, 6.45) is 2.07. The van der Waals surface area contributed by atoms with Gasteiger partial charge in [-0.15, -0.1) is 0 Å². The van der Waals surface area contributed by atoms with Gasteiger partial charge >= 0.3 is 0 Å². The molecule has 1 amide bonds. The van der Waals surface area contributed by atoms with Crippen molar-refractivity contribution in [1.82, 2.24) is 9.96 Å². The van der Waals surface area contributed by atoms with Crippen LogP contribution in [0.2, 0.25) is 0 Å². The molecule has 120 valence electrons. The first-order valence-electron chi connectivity index (χ1n) is 7.23. The Kier molecular flexibility index (Phi) is 5.55. The third kappa shape index (κ3) is 3.30. The number of nitrogens with zero attached hydrogens (tertiary/aromatic N) is 3. The number of morpholine rings is 1. The van der Waals surface area contributed by atoms with Gasteiger partial charge in [0.15, 0.2) is 5.54 Å². The molecule has 7 heteroatoms. The van der Waals surface area contributed by atoms with Gasteiger partial charge in [-0.3, -0.25) is 14.5 Å². The number of furan rings is 1. The van der Waals surface area contributed by atoms with E-state index in [0.717, 1.165) is 0 Å². The standard InChI is InChI=1S/C15H21N3O4/c1-17(20-2)14(19)5-6-15(12-16,13-4-3-9-22-13)18-7-10-21-11-8-18/h3-4,9H,5-8,10-11H2,1-2H3. The Bertz CT molecular complexity index is 519. The van der Waals surface area contributed by atoms with Crippen LogP contribution < -0.4 is 0 Å². The molecular formula is C15H21N3O4. The lowest BCUT2D eigenvalue weighted by Crippen LogP contribution is -2.51. The van der Waals surface area contributed by atoms with E-state index >= 15 is 0 Å². The molecule has 1 aromatic heterocycles. The first-order chi connectivity index (χ1) is 10.6. The highest BCUT2D eigenvalue weighted by atomic mass is 16.7. The maximum absolute atomic E-state index is 12.0. The topological polar surface area (TPSA) is 78.9 Å². The monoisotopic (exact) mass is 307 g/mol. The summed E-state index contributed by atoms with van der Waals surface area (Å²) < 4.78 is 10.9. The predicted octanol–water partition coefficient (Wildman–Crippen LogP) is 1.13. The van der Waals surface area contributed by atoms with E-state index in [1.165, 1.54) is 12.2 Å². The minimum atomic E-state index is -0.961. The SMILES string of the molecule is CON(C)C(=O)CCC(C#N)(c1ccco1)N1CCOCC1. The summed E-state index contributed by atoms with van der Waals surface area (Å²) in [5.41, 5.74) is -0.961. The van der Waals surface area contributed by atoms with Crippen molar-refractivity contribution in [3.8, 4) is 6.07 Å². The van der Waals surface area contributed by atoms with Gasteiger partial charge in [0, 0.05) is 26.6 Å². The normalized spacial score (nSPS) is 18.4. The highest BCUT2D eigenvalue weighted by Crippen LogP contribution is 2.34. The molecule has 1 aliphatic rings. The van der Waals surface area contributed by atoms with Crippen molar-refractivity contribution in [3.05, 3.63) is 24.2 Å². The van der Waals surface area contributed by atoms with Crippen LogP contribution in [0.3, 0.4) is 0 Å². The Morgan fingerprint density at radius 2 is 2.27 bits per heavy atom. The van der Waals surface area contributed by atoms with Crippen LogP contribution in [-0.4, -0.2) is 56.3 Å². The Hall–Kier alpha value is -1.88. The van der Waals surface area contributed by atoms with Crippen LogP contribution in [0, 0.1) is 11.3 Å². The second kappa shape index (κ2) is 7.40.